The lowest BCUT2D eigenvalue weighted by atomic mass is 10.1. The summed E-state index contributed by atoms with van der Waals surface area (Å²) in [4.78, 5) is 11.7. The molecule has 17 heavy (non-hydrogen) atoms. The average Bonchev–Trinajstić information content (AvgIpc) is 2.21. The number of amides is 1. The number of carbonyl (C=O) groups excluding carboxylic acids is 1. The molecular weight excluding hydrogens is 223 g/mol. The van der Waals surface area contributed by atoms with Gasteiger partial charge < -0.3 is 15.8 Å². The molecule has 0 bridgehead atoms. The van der Waals surface area contributed by atoms with E-state index in [1.807, 2.05) is 0 Å². The second-order valence-electron chi connectivity index (χ2n) is 4.25. The normalized spacial score (nSPS) is 11.1. The van der Waals surface area contributed by atoms with Crippen LogP contribution in [0.5, 0.6) is 5.75 Å². The lowest BCUT2D eigenvalue weighted by molar-refractivity contribution is -0.120. The second-order valence-corrected chi connectivity index (χ2v) is 4.25. The molecule has 5 heteroatoms. The Morgan fingerprint density at radius 2 is 2.18 bits per heavy atom. The summed E-state index contributed by atoms with van der Waals surface area (Å²) in [5, 5.41) is 2.61. The minimum absolute atomic E-state index is 0.296. The van der Waals surface area contributed by atoms with Gasteiger partial charge in [0.15, 0.2) is 0 Å². The van der Waals surface area contributed by atoms with E-state index in [1.165, 1.54) is 18.2 Å². The van der Waals surface area contributed by atoms with E-state index in [0.717, 1.165) is 0 Å². The summed E-state index contributed by atoms with van der Waals surface area (Å²) in [5.41, 5.74) is 5.07. The van der Waals surface area contributed by atoms with Crippen molar-refractivity contribution in [2.24, 2.45) is 5.73 Å². The first-order valence-corrected chi connectivity index (χ1v) is 5.37. The van der Waals surface area contributed by atoms with Gasteiger partial charge in [0, 0.05) is 6.07 Å². The van der Waals surface area contributed by atoms with Gasteiger partial charge in [0.25, 0.3) is 0 Å². The molecule has 1 rings (SSSR count). The van der Waals surface area contributed by atoms with Gasteiger partial charge in [-0.3, -0.25) is 4.79 Å². The van der Waals surface area contributed by atoms with Gasteiger partial charge in [-0.25, -0.2) is 4.39 Å². The van der Waals surface area contributed by atoms with Gasteiger partial charge in [-0.1, -0.05) is 0 Å². The number of ether oxygens (including phenoxy) is 1. The molecule has 0 saturated carbocycles. The number of halogens is 1. The van der Waals surface area contributed by atoms with Gasteiger partial charge in [-0.2, -0.15) is 0 Å². The Morgan fingerprint density at radius 1 is 1.53 bits per heavy atom. The molecule has 3 N–H and O–H groups in total. The number of hydrogen-bond acceptors (Lipinski definition) is 3. The quantitative estimate of drug-likeness (QED) is 0.844. The van der Waals surface area contributed by atoms with Crippen LogP contribution in [-0.2, 0) is 4.79 Å². The van der Waals surface area contributed by atoms with Crippen LogP contribution in [0.1, 0.15) is 20.8 Å². The molecule has 4 nitrogen and oxygen atoms in total. The number of hydrogen-bond donors (Lipinski definition) is 2. The van der Waals surface area contributed by atoms with Crippen LogP contribution >= 0.6 is 0 Å². The van der Waals surface area contributed by atoms with Crippen molar-refractivity contribution in [3.8, 4) is 5.75 Å². The maximum absolute atomic E-state index is 13.0. The standard InChI is InChI=1S/C12H17FN2O2/c1-4-17-10-7-8(13)5-6-9(10)15-11(16)12(2,3)14/h5-7H,4,14H2,1-3H3,(H,15,16). The minimum Gasteiger partial charge on any atom is -0.492 e. The Labute approximate surface area is 100.0 Å². The molecule has 0 aromatic heterocycles. The van der Waals surface area contributed by atoms with Crippen molar-refractivity contribution in [3.63, 3.8) is 0 Å². The summed E-state index contributed by atoms with van der Waals surface area (Å²) in [5.74, 6) is -0.478. The van der Waals surface area contributed by atoms with Crippen LogP contribution in [0.2, 0.25) is 0 Å². The van der Waals surface area contributed by atoms with Crippen LogP contribution in [0.3, 0.4) is 0 Å². The van der Waals surface area contributed by atoms with E-state index >= 15 is 0 Å². The van der Waals surface area contributed by atoms with E-state index < -0.39 is 11.4 Å². The van der Waals surface area contributed by atoms with Crippen molar-refractivity contribution >= 4 is 11.6 Å². The molecule has 0 aliphatic rings. The van der Waals surface area contributed by atoms with Crippen LogP contribution in [0.25, 0.3) is 0 Å². The molecule has 1 amide bonds. The first-order chi connectivity index (χ1) is 7.84. The molecule has 0 saturated heterocycles. The molecule has 0 radical (unpaired) electrons. The van der Waals surface area contributed by atoms with E-state index in [9.17, 15) is 9.18 Å². The number of nitrogens with one attached hydrogen (secondary N) is 1. The van der Waals surface area contributed by atoms with Gasteiger partial charge in [0.2, 0.25) is 5.91 Å². The fourth-order valence-electron chi connectivity index (χ4n) is 1.16. The molecule has 0 heterocycles. The van der Waals surface area contributed by atoms with Gasteiger partial charge in [0.05, 0.1) is 17.8 Å². The Balaban J connectivity index is 2.94. The van der Waals surface area contributed by atoms with Crippen molar-refractivity contribution in [2.45, 2.75) is 26.3 Å². The van der Waals surface area contributed by atoms with Crippen molar-refractivity contribution < 1.29 is 13.9 Å². The van der Waals surface area contributed by atoms with Crippen LogP contribution in [-0.4, -0.2) is 18.1 Å². The molecule has 0 unspecified atom stereocenters. The van der Waals surface area contributed by atoms with Crippen LogP contribution < -0.4 is 15.8 Å². The van der Waals surface area contributed by atoms with Gasteiger partial charge >= 0.3 is 0 Å². The van der Waals surface area contributed by atoms with Gasteiger partial charge in [-0.05, 0) is 32.9 Å². The third kappa shape index (κ3) is 3.71. The first kappa shape index (κ1) is 13.4. The summed E-state index contributed by atoms with van der Waals surface area (Å²) in [6.45, 7) is 5.35. The molecule has 1 aromatic carbocycles. The van der Waals surface area contributed by atoms with E-state index in [1.54, 1.807) is 20.8 Å². The molecule has 0 atom stereocenters. The van der Waals surface area contributed by atoms with Crippen LogP contribution in [0, 0.1) is 5.82 Å². The SMILES string of the molecule is CCOc1cc(F)ccc1NC(=O)C(C)(C)N. The van der Waals surface area contributed by atoms with Crippen LogP contribution in [0.4, 0.5) is 10.1 Å². The highest BCUT2D eigenvalue weighted by atomic mass is 19.1. The maximum atomic E-state index is 13.0. The number of nitrogens with two attached hydrogens (primary N) is 1. The highest BCUT2D eigenvalue weighted by Crippen LogP contribution is 2.26. The molecule has 94 valence electrons. The highest BCUT2D eigenvalue weighted by molar-refractivity contribution is 5.98. The van der Waals surface area contributed by atoms with Crippen molar-refractivity contribution in [2.75, 3.05) is 11.9 Å². The Bertz CT molecular complexity index is 413. The van der Waals surface area contributed by atoms with E-state index in [0.29, 0.717) is 18.0 Å². The zero-order valence-corrected chi connectivity index (χ0v) is 10.2. The third-order valence-electron chi connectivity index (χ3n) is 2.08. The Hall–Kier alpha value is -1.62. The highest BCUT2D eigenvalue weighted by Gasteiger charge is 2.22. The third-order valence-corrected chi connectivity index (χ3v) is 2.08. The number of rotatable bonds is 4. The number of carbonyl (C=O) groups is 1. The van der Waals surface area contributed by atoms with Crippen LogP contribution in [0.15, 0.2) is 18.2 Å². The molecular formula is C12H17FN2O2. The Kier molecular flexibility index (Phi) is 4.07. The minimum atomic E-state index is -1.00. The zero-order chi connectivity index (χ0) is 13.1. The van der Waals surface area contributed by atoms with Gasteiger partial charge in [-0.15, -0.1) is 0 Å². The van der Waals surface area contributed by atoms with E-state index in [2.05, 4.69) is 5.32 Å². The molecule has 0 aliphatic carbocycles. The lowest BCUT2D eigenvalue weighted by Crippen LogP contribution is -2.45. The monoisotopic (exact) mass is 240 g/mol. The number of benzene rings is 1. The summed E-state index contributed by atoms with van der Waals surface area (Å²) in [7, 11) is 0. The average molecular weight is 240 g/mol. The summed E-state index contributed by atoms with van der Waals surface area (Å²) in [6.07, 6.45) is 0. The first-order valence-electron chi connectivity index (χ1n) is 5.37. The smallest absolute Gasteiger partial charge is 0.243 e. The topological polar surface area (TPSA) is 64.3 Å². The van der Waals surface area contributed by atoms with E-state index in [-0.39, 0.29) is 5.91 Å². The summed E-state index contributed by atoms with van der Waals surface area (Å²) < 4.78 is 18.3. The number of anilines is 1. The largest absolute Gasteiger partial charge is 0.492 e. The van der Waals surface area contributed by atoms with Gasteiger partial charge in [0.1, 0.15) is 11.6 Å². The lowest BCUT2D eigenvalue weighted by Gasteiger charge is -2.19. The molecule has 0 aliphatic heterocycles. The molecule has 0 spiro atoms. The fourth-order valence-corrected chi connectivity index (χ4v) is 1.16. The predicted molar refractivity (Wildman–Crippen MR) is 64.5 cm³/mol. The van der Waals surface area contributed by atoms with E-state index in [4.69, 9.17) is 10.5 Å². The molecule has 0 fully saturated rings. The zero-order valence-electron chi connectivity index (χ0n) is 10.2. The Morgan fingerprint density at radius 3 is 2.71 bits per heavy atom. The fraction of sp³-hybridized carbons (Fsp3) is 0.417. The maximum Gasteiger partial charge on any atom is 0.243 e. The van der Waals surface area contributed by atoms with Crippen molar-refractivity contribution in [3.05, 3.63) is 24.0 Å². The second kappa shape index (κ2) is 5.14. The van der Waals surface area contributed by atoms with Crippen molar-refractivity contribution in [1.82, 2.24) is 0 Å². The summed E-state index contributed by atoms with van der Waals surface area (Å²) >= 11 is 0. The predicted octanol–water partition coefficient (Wildman–Crippen LogP) is 1.90. The summed E-state index contributed by atoms with van der Waals surface area (Å²) in [6, 6.07) is 3.92. The van der Waals surface area contributed by atoms with Crippen molar-refractivity contribution in [1.29, 1.82) is 0 Å². The molecule has 1 aromatic rings.